The molecule has 0 bridgehead atoms. The predicted octanol–water partition coefficient (Wildman–Crippen LogP) is 3.86. The maximum absolute atomic E-state index is 9.87. The van der Waals surface area contributed by atoms with Gasteiger partial charge in [0.05, 0.1) is 23.2 Å². The van der Waals surface area contributed by atoms with E-state index < -0.39 is 0 Å². The molecule has 2 aliphatic heterocycles. The largest absolute Gasteiger partial charge is 0.381 e. The Balaban J connectivity index is 1.46. The van der Waals surface area contributed by atoms with E-state index in [1.54, 1.807) is 0 Å². The van der Waals surface area contributed by atoms with Crippen LogP contribution < -0.4 is 4.90 Å². The molecule has 0 unspecified atom stereocenters. The molecule has 31 heavy (non-hydrogen) atoms. The van der Waals surface area contributed by atoms with Crippen molar-refractivity contribution >= 4 is 22.5 Å². The number of aromatic nitrogens is 2. The van der Waals surface area contributed by atoms with Gasteiger partial charge in [0.2, 0.25) is 0 Å². The highest BCUT2D eigenvalue weighted by Crippen LogP contribution is 2.31. The number of fused-ring (bicyclic) bond motifs is 3. The van der Waals surface area contributed by atoms with Gasteiger partial charge in [-0.1, -0.05) is 19.1 Å². The molecule has 0 saturated carbocycles. The third kappa shape index (κ3) is 3.66. The van der Waals surface area contributed by atoms with Crippen molar-refractivity contribution in [3.63, 3.8) is 0 Å². The van der Waals surface area contributed by atoms with E-state index in [-0.39, 0.29) is 0 Å². The van der Waals surface area contributed by atoms with E-state index >= 15 is 0 Å². The van der Waals surface area contributed by atoms with Crippen molar-refractivity contribution in [3.8, 4) is 6.07 Å². The number of pyridine rings is 1. The first-order chi connectivity index (χ1) is 15.2. The van der Waals surface area contributed by atoms with Crippen LogP contribution in [0.5, 0.6) is 0 Å². The molecule has 5 rings (SSSR count). The van der Waals surface area contributed by atoms with Gasteiger partial charge in [-0.05, 0) is 55.4 Å². The fourth-order valence-electron chi connectivity index (χ4n) is 5.29. The molecule has 3 aromatic rings. The average Bonchev–Trinajstić information content (AvgIpc) is 3.45. The standard InChI is InChI=1S/C25H31N5O/c1-3-19-14-24(30-23-7-5-4-6-22(23)27-25(30)21(19)15-26)28(2)20-8-11-29(12-9-20)16-18-10-13-31-17-18/h4-7,14,18,20H,3,8-13,16-17H2,1-2H3/t18-/m1/s1. The van der Waals surface area contributed by atoms with Crippen molar-refractivity contribution < 1.29 is 4.74 Å². The lowest BCUT2D eigenvalue weighted by molar-refractivity contribution is 0.152. The molecular weight excluding hydrogens is 386 g/mol. The van der Waals surface area contributed by atoms with E-state index in [4.69, 9.17) is 9.72 Å². The first-order valence-electron chi connectivity index (χ1n) is 11.6. The minimum atomic E-state index is 0.484. The van der Waals surface area contributed by atoms with Crippen molar-refractivity contribution in [3.05, 3.63) is 41.5 Å². The summed E-state index contributed by atoms with van der Waals surface area (Å²) in [5, 5.41) is 9.87. The summed E-state index contributed by atoms with van der Waals surface area (Å²) in [6.45, 7) is 7.41. The molecule has 1 aromatic carbocycles. The first kappa shape index (κ1) is 20.3. The van der Waals surface area contributed by atoms with Crippen LogP contribution in [0.25, 0.3) is 16.7 Å². The third-order valence-corrected chi connectivity index (χ3v) is 7.14. The lowest BCUT2D eigenvalue weighted by Crippen LogP contribution is -2.45. The lowest BCUT2D eigenvalue weighted by atomic mass is 10.0. The van der Waals surface area contributed by atoms with Crippen LogP contribution in [0, 0.1) is 17.2 Å². The second-order valence-corrected chi connectivity index (χ2v) is 9.00. The minimum absolute atomic E-state index is 0.484. The number of benzene rings is 1. The number of nitrogens with zero attached hydrogens (tertiary/aromatic N) is 5. The Labute approximate surface area is 184 Å². The molecule has 2 aliphatic rings. The van der Waals surface area contributed by atoms with E-state index in [9.17, 15) is 5.26 Å². The van der Waals surface area contributed by atoms with Gasteiger partial charge in [0, 0.05) is 39.3 Å². The van der Waals surface area contributed by atoms with Gasteiger partial charge in [-0.15, -0.1) is 0 Å². The van der Waals surface area contributed by atoms with Crippen LogP contribution in [0.3, 0.4) is 0 Å². The predicted molar refractivity (Wildman–Crippen MR) is 124 cm³/mol. The Bertz CT molecular complexity index is 1120. The van der Waals surface area contributed by atoms with Gasteiger partial charge >= 0.3 is 0 Å². The summed E-state index contributed by atoms with van der Waals surface area (Å²) in [5.41, 5.74) is 4.56. The van der Waals surface area contributed by atoms with Crippen molar-refractivity contribution in [2.45, 2.75) is 38.6 Å². The first-order valence-corrected chi connectivity index (χ1v) is 11.6. The average molecular weight is 418 g/mol. The topological polar surface area (TPSA) is 56.8 Å². The number of imidazole rings is 1. The molecule has 0 aliphatic carbocycles. The van der Waals surface area contributed by atoms with Gasteiger partial charge in [-0.2, -0.15) is 5.26 Å². The van der Waals surface area contributed by atoms with Crippen LogP contribution in [-0.2, 0) is 11.2 Å². The maximum Gasteiger partial charge on any atom is 0.157 e. The third-order valence-electron chi connectivity index (χ3n) is 7.14. The molecular formula is C25H31N5O. The number of hydrogen-bond acceptors (Lipinski definition) is 5. The Hall–Kier alpha value is -2.62. The smallest absolute Gasteiger partial charge is 0.157 e. The van der Waals surface area contributed by atoms with Crippen LogP contribution in [0.15, 0.2) is 30.3 Å². The number of aryl methyl sites for hydroxylation is 1. The highest BCUT2D eigenvalue weighted by atomic mass is 16.5. The van der Waals surface area contributed by atoms with E-state index in [0.29, 0.717) is 17.5 Å². The van der Waals surface area contributed by atoms with Crippen LogP contribution in [0.4, 0.5) is 5.82 Å². The summed E-state index contributed by atoms with van der Waals surface area (Å²) in [6.07, 6.45) is 4.33. The van der Waals surface area contributed by atoms with Crippen LogP contribution in [0.2, 0.25) is 0 Å². The Morgan fingerprint density at radius 3 is 2.74 bits per heavy atom. The molecule has 0 amide bonds. The zero-order valence-corrected chi connectivity index (χ0v) is 18.5. The number of hydrogen-bond donors (Lipinski definition) is 0. The summed E-state index contributed by atoms with van der Waals surface area (Å²) in [6, 6.07) is 13.3. The monoisotopic (exact) mass is 417 g/mol. The highest BCUT2D eigenvalue weighted by Gasteiger charge is 2.28. The van der Waals surface area contributed by atoms with Gasteiger partial charge in [-0.25, -0.2) is 4.98 Å². The molecule has 2 fully saturated rings. The molecule has 4 heterocycles. The zero-order chi connectivity index (χ0) is 21.4. The Kier molecular flexibility index (Phi) is 5.56. The number of para-hydroxylation sites is 2. The molecule has 2 aromatic heterocycles. The SMILES string of the molecule is CCc1cc(N(C)C2CCN(C[C@H]3CCOC3)CC2)n2c(nc3ccccc32)c1C#N. The molecule has 6 heteroatoms. The molecule has 0 spiro atoms. The molecule has 162 valence electrons. The molecule has 2 saturated heterocycles. The number of piperidine rings is 1. The lowest BCUT2D eigenvalue weighted by Gasteiger charge is -2.38. The summed E-state index contributed by atoms with van der Waals surface area (Å²) in [4.78, 5) is 9.89. The van der Waals surface area contributed by atoms with Crippen LogP contribution >= 0.6 is 0 Å². The number of likely N-dealkylation sites (tertiary alicyclic amines) is 1. The number of anilines is 1. The molecule has 0 radical (unpaired) electrons. The van der Waals surface area contributed by atoms with Gasteiger partial charge in [-0.3, -0.25) is 4.40 Å². The minimum Gasteiger partial charge on any atom is -0.381 e. The fourth-order valence-corrected chi connectivity index (χ4v) is 5.29. The molecule has 0 N–H and O–H groups in total. The second kappa shape index (κ2) is 8.49. The van der Waals surface area contributed by atoms with Crippen LogP contribution in [0.1, 0.15) is 37.3 Å². The summed E-state index contributed by atoms with van der Waals surface area (Å²) in [7, 11) is 2.21. The van der Waals surface area contributed by atoms with Crippen molar-refractivity contribution in [2.75, 3.05) is 44.8 Å². The van der Waals surface area contributed by atoms with Crippen molar-refractivity contribution in [1.29, 1.82) is 5.26 Å². The highest BCUT2D eigenvalue weighted by molar-refractivity contribution is 5.85. The Morgan fingerprint density at radius 1 is 1.23 bits per heavy atom. The van der Waals surface area contributed by atoms with E-state index in [0.717, 1.165) is 73.6 Å². The van der Waals surface area contributed by atoms with Gasteiger partial charge < -0.3 is 14.5 Å². The number of rotatable bonds is 5. The van der Waals surface area contributed by atoms with Crippen LogP contribution in [-0.4, -0.2) is 60.2 Å². The van der Waals surface area contributed by atoms with Gasteiger partial charge in [0.15, 0.2) is 5.65 Å². The zero-order valence-electron chi connectivity index (χ0n) is 18.5. The maximum atomic E-state index is 9.87. The number of ether oxygens (including phenoxy) is 1. The van der Waals surface area contributed by atoms with Gasteiger partial charge in [0.1, 0.15) is 11.9 Å². The van der Waals surface area contributed by atoms with Crippen molar-refractivity contribution in [2.24, 2.45) is 5.92 Å². The summed E-state index contributed by atoms with van der Waals surface area (Å²) >= 11 is 0. The van der Waals surface area contributed by atoms with Gasteiger partial charge in [0.25, 0.3) is 0 Å². The number of nitriles is 1. The van der Waals surface area contributed by atoms with E-state index in [1.165, 1.54) is 13.0 Å². The fraction of sp³-hybridized carbons (Fsp3) is 0.520. The van der Waals surface area contributed by atoms with E-state index in [1.807, 2.05) is 18.2 Å². The molecule has 6 nitrogen and oxygen atoms in total. The quantitative estimate of drug-likeness (QED) is 0.631. The molecule has 1 atom stereocenters. The summed E-state index contributed by atoms with van der Waals surface area (Å²) in [5.74, 6) is 1.85. The van der Waals surface area contributed by atoms with E-state index in [2.05, 4.69) is 46.4 Å². The van der Waals surface area contributed by atoms with Crippen molar-refractivity contribution in [1.82, 2.24) is 14.3 Å². The summed E-state index contributed by atoms with van der Waals surface area (Å²) < 4.78 is 7.75. The normalized spacial score (nSPS) is 20.5. The Morgan fingerprint density at radius 2 is 2.03 bits per heavy atom. The second-order valence-electron chi connectivity index (χ2n) is 9.00.